The van der Waals surface area contributed by atoms with Crippen LogP contribution < -0.4 is 29.6 Å². The number of halogens is 2. The van der Waals surface area contributed by atoms with Crippen LogP contribution in [0.1, 0.15) is 88.3 Å². The molecule has 2 aliphatic heterocycles. The zero-order valence-corrected chi connectivity index (χ0v) is 44.1. The summed E-state index contributed by atoms with van der Waals surface area (Å²) in [5, 5.41) is 46.6. The zero-order valence-electron chi connectivity index (χ0n) is 42.5. The van der Waals surface area contributed by atoms with Gasteiger partial charge >= 0.3 is 0 Å². The monoisotopic (exact) mass is 1110 g/mol. The van der Waals surface area contributed by atoms with Gasteiger partial charge in [-0.3, -0.25) is 19.2 Å². The Morgan fingerprint density at radius 1 is 0.628 bits per heavy atom. The van der Waals surface area contributed by atoms with E-state index in [1.807, 2.05) is 20.8 Å². The van der Waals surface area contributed by atoms with Crippen molar-refractivity contribution in [1.82, 2.24) is 20.7 Å². The van der Waals surface area contributed by atoms with E-state index in [0.717, 1.165) is 0 Å². The van der Waals surface area contributed by atoms with Crippen LogP contribution in [0.15, 0.2) is 144 Å². The summed E-state index contributed by atoms with van der Waals surface area (Å²) in [5.41, 5.74) is 2.48. The van der Waals surface area contributed by atoms with Gasteiger partial charge in [0.05, 0.1) is 38.0 Å². The standard InChI is InChI=1S/C28H28FN3O6S.C28H28FN3O5S.CH4/c1-3-19(15-33)30-24(35)16-38-23-10-6-8-21(25(23)37-2)28-32(27(36)20-7-4-5-9-22(20)34)31-26(39-28)17-11-13-18(29)14-12-17;1-17(2)15-30-24(34)16-37-23-10-6-8-21(25(23)36-3)28-32(27(35)20-7-4-5-9-22(20)33)31-26(38-28)18-11-13-19(29)14-12-18;/h4-14,19,28,33-34H,3,15-16H2,1-2H3,(H,30,35);4-14,17,28,33H,15-16H2,1-3H3,(H,30,34);1H4/t19-,28?;;/m0../s1. The van der Waals surface area contributed by atoms with Crippen molar-refractivity contribution < 1.29 is 62.2 Å². The lowest BCUT2D eigenvalue weighted by atomic mass is 10.1. The predicted molar refractivity (Wildman–Crippen MR) is 296 cm³/mol. The average Bonchev–Trinajstić information content (AvgIpc) is 4.09. The summed E-state index contributed by atoms with van der Waals surface area (Å²) < 4.78 is 50.0. The van der Waals surface area contributed by atoms with Gasteiger partial charge in [-0.2, -0.15) is 10.2 Å². The number of hydrazone groups is 2. The SMILES string of the molecule is C.CC[C@@H](CO)NC(=O)COc1cccc(C2SC(c3ccc(F)cc3)=NN2C(=O)c2ccccc2O)c1OC.COc1c(OCC(=O)NCC(C)C)cccc1C1SC(c2ccc(F)cc2)=NN1C(=O)c1ccccc1O. The lowest BCUT2D eigenvalue weighted by Gasteiger charge is -2.24. The number of phenolic OH excluding ortho intramolecular Hbond substituents is 2. The van der Waals surface area contributed by atoms with Gasteiger partial charge in [-0.1, -0.05) is 100 Å². The van der Waals surface area contributed by atoms with Crippen molar-refractivity contribution in [2.45, 2.75) is 51.4 Å². The molecule has 17 nitrogen and oxygen atoms in total. The average molecular weight is 1110 g/mol. The number of thioether (sulfide) groups is 2. The minimum atomic E-state index is -0.733. The number of aliphatic hydroxyl groups excluding tert-OH is 1. The first-order valence-corrected chi connectivity index (χ1v) is 25.9. The lowest BCUT2D eigenvalue weighted by molar-refractivity contribution is -0.124. The molecular weight excluding hydrogens is 1050 g/mol. The van der Waals surface area contributed by atoms with Gasteiger partial charge in [0.2, 0.25) is 0 Å². The number of methoxy groups -OCH3 is 2. The molecule has 0 radical (unpaired) electrons. The van der Waals surface area contributed by atoms with E-state index >= 15 is 0 Å². The quantitative estimate of drug-likeness (QED) is 0.0511. The molecule has 2 aliphatic rings. The molecule has 0 fully saturated rings. The van der Waals surface area contributed by atoms with Crippen molar-refractivity contribution >= 4 is 57.2 Å². The Hall–Kier alpha value is -8.14. The first kappa shape index (κ1) is 59.1. The van der Waals surface area contributed by atoms with Gasteiger partial charge in [-0.05, 0) is 97.3 Å². The van der Waals surface area contributed by atoms with E-state index in [2.05, 4.69) is 20.8 Å². The maximum absolute atomic E-state index is 13.6. The topological polar surface area (TPSA) is 221 Å². The number of benzene rings is 6. The number of hydrogen-bond donors (Lipinski definition) is 5. The molecule has 21 heteroatoms. The number of aliphatic hydroxyl groups is 1. The largest absolute Gasteiger partial charge is 0.507 e. The van der Waals surface area contributed by atoms with Gasteiger partial charge in [0.15, 0.2) is 36.2 Å². The molecule has 5 N–H and O–H groups in total. The number of hydrogen-bond acceptors (Lipinski definition) is 15. The molecular formula is C57H60F2N6O11S2. The third-order valence-corrected chi connectivity index (χ3v) is 14.1. The van der Waals surface area contributed by atoms with Crippen LogP contribution in [0, 0.1) is 17.6 Å². The van der Waals surface area contributed by atoms with Gasteiger partial charge in [0, 0.05) is 28.8 Å². The highest BCUT2D eigenvalue weighted by Crippen LogP contribution is 2.49. The molecule has 0 saturated carbocycles. The maximum Gasteiger partial charge on any atom is 0.279 e. The minimum absolute atomic E-state index is 0. The summed E-state index contributed by atoms with van der Waals surface area (Å²) >= 11 is 2.51. The molecule has 410 valence electrons. The maximum atomic E-state index is 13.6. The smallest absolute Gasteiger partial charge is 0.279 e. The Morgan fingerprint density at radius 2 is 1.05 bits per heavy atom. The van der Waals surface area contributed by atoms with Crippen molar-refractivity contribution in [3.05, 3.63) is 178 Å². The van der Waals surface area contributed by atoms with Crippen LogP contribution in [0.3, 0.4) is 0 Å². The van der Waals surface area contributed by atoms with E-state index in [-0.39, 0.29) is 73.4 Å². The molecule has 2 heterocycles. The molecule has 0 spiro atoms. The highest BCUT2D eigenvalue weighted by Gasteiger charge is 2.39. The fourth-order valence-electron chi connectivity index (χ4n) is 7.67. The Balaban J connectivity index is 0.000000249. The molecule has 0 saturated heterocycles. The number of nitrogens with one attached hydrogen (secondary N) is 2. The molecule has 78 heavy (non-hydrogen) atoms. The summed E-state index contributed by atoms with van der Waals surface area (Å²) in [6, 6.07) is 33.8. The fraction of sp³-hybridized carbons (Fsp3) is 0.263. The number of phenols is 2. The van der Waals surface area contributed by atoms with E-state index in [1.54, 1.807) is 84.9 Å². The zero-order chi connectivity index (χ0) is 55.2. The number of carbonyl (C=O) groups is 4. The Morgan fingerprint density at radius 3 is 1.44 bits per heavy atom. The van der Waals surface area contributed by atoms with E-state index in [1.165, 1.54) is 96.3 Å². The number of para-hydroxylation sites is 4. The Bertz CT molecular complexity index is 3130. The van der Waals surface area contributed by atoms with Crippen LogP contribution in [0.4, 0.5) is 8.78 Å². The van der Waals surface area contributed by atoms with Gasteiger partial charge in [-0.15, -0.1) is 0 Å². The normalized spacial score (nSPS) is 14.9. The van der Waals surface area contributed by atoms with E-state index in [9.17, 15) is 43.3 Å². The first-order valence-electron chi connectivity index (χ1n) is 24.2. The van der Waals surface area contributed by atoms with Crippen molar-refractivity contribution in [2.24, 2.45) is 16.1 Å². The molecule has 2 unspecified atom stereocenters. The van der Waals surface area contributed by atoms with Crippen molar-refractivity contribution in [3.8, 4) is 34.5 Å². The third kappa shape index (κ3) is 14.5. The minimum Gasteiger partial charge on any atom is -0.507 e. The Kier molecular flexibility index (Phi) is 21.0. The van der Waals surface area contributed by atoms with Crippen molar-refractivity contribution in [1.29, 1.82) is 0 Å². The molecule has 0 aromatic heterocycles. The van der Waals surface area contributed by atoms with Crippen molar-refractivity contribution in [3.63, 3.8) is 0 Å². The van der Waals surface area contributed by atoms with E-state index in [0.29, 0.717) is 68.5 Å². The van der Waals surface area contributed by atoms with Gasteiger partial charge < -0.3 is 44.9 Å². The third-order valence-electron chi connectivity index (χ3n) is 11.6. The second kappa shape index (κ2) is 27.8. The number of amides is 4. The van der Waals surface area contributed by atoms with Crippen LogP contribution in [-0.2, 0) is 9.59 Å². The highest BCUT2D eigenvalue weighted by molar-refractivity contribution is 8.15. The summed E-state index contributed by atoms with van der Waals surface area (Å²) in [4.78, 5) is 51.7. The second-order valence-corrected chi connectivity index (χ2v) is 19.6. The number of aromatic hydroxyl groups is 2. The summed E-state index contributed by atoms with van der Waals surface area (Å²) in [7, 11) is 2.92. The molecule has 4 amide bonds. The van der Waals surface area contributed by atoms with Crippen LogP contribution in [0.25, 0.3) is 0 Å². The van der Waals surface area contributed by atoms with E-state index in [4.69, 9.17) is 18.9 Å². The second-order valence-electron chi connectivity index (χ2n) is 17.5. The number of nitrogens with zero attached hydrogens (tertiary/aromatic N) is 4. The highest BCUT2D eigenvalue weighted by atomic mass is 32.2. The molecule has 6 aromatic rings. The van der Waals surface area contributed by atoms with Crippen LogP contribution in [0.2, 0.25) is 0 Å². The number of carbonyl (C=O) groups excluding carboxylic acids is 4. The number of rotatable bonds is 19. The van der Waals surface area contributed by atoms with Crippen LogP contribution in [-0.4, -0.2) is 106 Å². The molecule has 0 aliphatic carbocycles. The van der Waals surface area contributed by atoms with Gasteiger partial charge in [-0.25, -0.2) is 18.8 Å². The lowest BCUT2D eigenvalue weighted by Crippen LogP contribution is -2.39. The number of ether oxygens (including phenoxy) is 4. The molecule has 0 bridgehead atoms. The molecule has 3 atom stereocenters. The van der Waals surface area contributed by atoms with E-state index < -0.39 is 34.3 Å². The molecule has 8 rings (SSSR count). The fourth-order valence-corrected chi connectivity index (χ4v) is 10.0. The van der Waals surface area contributed by atoms with Gasteiger partial charge in [0.25, 0.3) is 23.6 Å². The van der Waals surface area contributed by atoms with Crippen LogP contribution >= 0.6 is 23.5 Å². The first-order chi connectivity index (χ1) is 37.1. The summed E-state index contributed by atoms with van der Waals surface area (Å²) in [6.45, 7) is 5.67. The Labute approximate surface area is 459 Å². The predicted octanol–water partition coefficient (Wildman–Crippen LogP) is 9.63. The summed E-state index contributed by atoms with van der Waals surface area (Å²) in [6.07, 6.45) is 0.567. The van der Waals surface area contributed by atoms with Crippen molar-refractivity contribution in [2.75, 3.05) is 40.6 Å². The van der Waals surface area contributed by atoms with Crippen LogP contribution in [0.5, 0.6) is 34.5 Å². The summed E-state index contributed by atoms with van der Waals surface area (Å²) in [5.74, 6) is -1.37. The van der Waals surface area contributed by atoms with Gasteiger partial charge in [0.1, 0.15) is 44.0 Å². The molecule has 6 aromatic carbocycles.